The summed E-state index contributed by atoms with van der Waals surface area (Å²) in [5, 5.41) is 2.72. The van der Waals surface area contributed by atoms with E-state index in [1.54, 1.807) is 36.4 Å². The van der Waals surface area contributed by atoms with Gasteiger partial charge in [-0.25, -0.2) is 9.69 Å². The molecule has 8 heteroatoms. The van der Waals surface area contributed by atoms with Gasteiger partial charge in [-0.3, -0.25) is 9.59 Å². The van der Waals surface area contributed by atoms with Crippen LogP contribution in [0.4, 0.5) is 11.4 Å². The third kappa shape index (κ3) is 4.85. The van der Waals surface area contributed by atoms with Crippen LogP contribution in [0.2, 0.25) is 0 Å². The number of carbonyl (C=O) groups is 3. The van der Waals surface area contributed by atoms with E-state index in [1.807, 2.05) is 44.2 Å². The number of halogens is 2. The zero-order chi connectivity index (χ0) is 24.4. The molecule has 4 rings (SSSR count). The van der Waals surface area contributed by atoms with Gasteiger partial charge in [0.25, 0.3) is 11.8 Å². The van der Waals surface area contributed by atoms with E-state index < -0.39 is 17.8 Å². The summed E-state index contributed by atoms with van der Waals surface area (Å²) in [5.74, 6) is -1.15. The van der Waals surface area contributed by atoms with Gasteiger partial charge in [0.2, 0.25) is 0 Å². The van der Waals surface area contributed by atoms with Crippen LogP contribution in [0.15, 0.2) is 77.5 Å². The summed E-state index contributed by atoms with van der Waals surface area (Å²) in [6.45, 7) is 3.85. The van der Waals surface area contributed by atoms with Crippen LogP contribution >= 0.6 is 34.2 Å². The standard InChI is InChI=1S/C26H20ClIN2O4/c1-3-16-5-4-6-20(14-16)34-26(33)17-7-10-19(11-8-17)29-23-22(27)24(31)30(25(23)32)21-12-9-18(28)13-15(21)2/h4-14,29H,3H2,1-2H3. The van der Waals surface area contributed by atoms with Crippen molar-refractivity contribution < 1.29 is 19.1 Å². The lowest BCUT2D eigenvalue weighted by molar-refractivity contribution is -0.120. The third-order valence-electron chi connectivity index (χ3n) is 5.33. The van der Waals surface area contributed by atoms with Gasteiger partial charge in [-0.05, 0) is 102 Å². The van der Waals surface area contributed by atoms with E-state index >= 15 is 0 Å². The number of nitrogens with zero attached hydrogens (tertiary/aromatic N) is 1. The van der Waals surface area contributed by atoms with Gasteiger partial charge in [-0.1, -0.05) is 30.7 Å². The largest absolute Gasteiger partial charge is 0.423 e. The second kappa shape index (κ2) is 9.99. The Labute approximate surface area is 215 Å². The quantitative estimate of drug-likeness (QED) is 0.171. The highest BCUT2D eigenvalue weighted by molar-refractivity contribution is 14.1. The summed E-state index contributed by atoms with van der Waals surface area (Å²) in [6, 6.07) is 19.2. The van der Waals surface area contributed by atoms with Crippen molar-refractivity contribution in [3.8, 4) is 5.75 Å². The Bertz CT molecular complexity index is 1330. The molecule has 1 N–H and O–H groups in total. The number of amides is 2. The number of benzene rings is 3. The number of hydrogen-bond donors (Lipinski definition) is 1. The van der Waals surface area contributed by atoms with Crippen LogP contribution in [0.3, 0.4) is 0 Å². The van der Waals surface area contributed by atoms with E-state index in [2.05, 4.69) is 27.9 Å². The molecule has 3 aromatic carbocycles. The van der Waals surface area contributed by atoms with Crippen LogP contribution in [0.1, 0.15) is 28.4 Å². The van der Waals surface area contributed by atoms with Crippen LogP contribution in [0.25, 0.3) is 0 Å². The summed E-state index contributed by atoms with van der Waals surface area (Å²) in [7, 11) is 0. The summed E-state index contributed by atoms with van der Waals surface area (Å²) >= 11 is 8.39. The first-order valence-electron chi connectivity index (χ1n) is 10.5. The molecule has 2 amide bonds. The predicted octanol–water partition coefficient (Wildman–Crippen LogP) is 5.82. The molecular weight excluding hydrogens is 567 g/mol. The van der Waals surface area contributed by atoms with E-state index in [0.29, 0.717) is 22.7 Å². The monoisotopic (exact) mass is 586 g/mol. The number of esters is 1. The van der Waals surface area contributed by atoms with Gasteiger partial charge in [-0.2, -0.15) is 0 Å². The fourth-order valence-electron chi connectivity index (χ4n) is 3.53. The average Bonchev–Trinajstić information content (AvgIpc) is 3.03. The topological polar surface area (TPSA) is 75.7 Å². The maximum Gasteiger partial charge on any atom is 0.343 e. The zero-order valence-corrected chi connectivity index (χ0v) is 21.3. The van der Waals surface area contributed by atoms with Crippen molar-refractivity contribution in [3.63, 3.8) is 0 Å². The number of rotatable bonds is 6. The van der Waals surface area contributed by atoms with Crippen molar-refractivity contribution >= 4 is 63.4 Å². The van der Waals surface area contributed by atoms with Crippen molar-refractivity contribution in [3.05, 3.63) is 97.7 Å². The molecule has 3 aromatic rings. The molecule has 0 aliphatic carbocycles. The molecule has 0 atom stereocenters. The highest BCUT2D eigenvalue weighted by atomic mass is 127. The van der Waals surface area contributed by atoms with Crippen molar-refractivity contribution in [2.75, 3.05) is 10.2 Å². The molecule has 34 heavy (non-hydrogen) atoms. The molecule has 1 aliphatic heterocycles. The van der Waals surface area contributed by atoms with Gasteiger partial charge in [0.15, 0.2) is 0 Å². The minimum atomic E-state index is -0.590. The molecule has 0 bridgehead atoms. The maximum atomic E-state index is 13.0. The Kier molecular flexibility index (Phi) is 7.04. The molecule has 0 aromatic heterocycles. The Morgan fingerprint density at radius 1 is 1.03 bits per heavy atom. The molecule has 1 aliphatic rings. The van der Waals surface area contributed by atoms with E-state index in [4.69, 9.17) is 16.3 Å². The van der Waals surface area contributed by atoms with E-state index in [0.717, 1.165) is 26.0 Å². The summed E-state index contributed by atoms with van der Waals surface area (Å²) in [5.41, 5.74) is 3.16. The molecule has 0 radical (unpaired) electrons. The number of hydrogen-bond acceptors (Lipinski definition) is 5. The number of carbonyl (C=O) groups excluding carboxylic acids is 3. The van der Waals surface area contributed by atoms with Crippen LogP contribution in [0.5, 0.6) is 5.75 Å². The van der Waals surface area contributed by atoms with E-state index in [9.17, 15) is 14.4 Å². The summed E-state index contributed by atoms with van der Waals surface area (Å²) in [4.78, 5) is 39.3. The molecule has 172 valence electrons. The molecule has 0 saturated heterocycles. The van der Waals surface area contributed by atoms with Gasteiger partial charge in [-0.15, -0.1) is 0 Å². The Morgan fingerprint density at radius 3 is 2.44 bits per heavy atom. The lowest BCUT2D eigenvalue weighted by Gasteiger charge is -2.17. The number of ether oxygens (including phenoxy) is 1. The first kappa shape index (κ1) is 24.0. The van der Waals surface area contributed by atoms with Crippen LogP contribution < -0.4 is 15.0 Å². The van der Waals surface area contributed by atoms with E-state index in [1.165, 1.54) is 0 Å². The Hall–Kier alpha value is -3.17. The maximum absolute atomic E-state index is 13.0. The average molecular weight is 587 g/mol. The zero-order valence-electron chi connectivity index (χ0n) is 18.4. The third-order valence-corrected chi connectivity index (χ3v) is 6.36. The molecule has 1 heterocycles. The SMILES string of the molecule is CCc1cccc(OC(=O)c2ccc(NC3=C(Cl)C(=O)N(c4ccc(I)cc4C)C3=O)cc2)c1. The van der Waals surface area contributed by atoms with Crippen molar-refractivity contribution in [2.45, 2.75) is 20.3 Å². The number of anilines is 2. The van der Waals surface area contributed by atoms with E-state index in [-0.39, 0.29) is 10.7 Å². The Morgan fingerprint density at radius 2 is 1.76 bits per heavy atom. The normalized spacial score (nSPS) is 13.5. The highest BCUT2D eigenvalue weighted by Gasteiger charge is 2.39. The van der Waals surface area contributed by atoms with Gasteiger partial charge in [0.05, 0.1) is 11.3 Å². The lowest BCUT2D eigenvalue weighted by atomic mass is 10.1. The molecule has 0 fully saturated rings. The van der Waals surface area contributed by atoms with Crippen molar-refractivity contribution in [1.29, 1.82) is 0 Å². The molecule has 0 spiro atoms. The van der Waals surface area contributed by atoms with Gasteiger partial charge < -0.3 is 10.1 Å². The first-order chi connectivity index (χ1) is 16.3. The minimum absolute atomic E-state index is 0.0173. The summed E-state index contributed by atoms with van der Waals surface area (Å²) < 4.78 is 6.44. The second-order valence-corrected chi connectivity index (χ2v) is 9.28. The molecule has 6 nitrogen and oxygen atoms in total. The highest BCUT2D eigenvalue weighted by Crippen LogP contribution is 2.32. The predicted molar refractivity (Wildman–Crippen MR) is 140 cm³/mol. The number of nitrogens with one attached hydrogen (secondary N) is 1. The van der Waals surface area contributed by atoms with Crippen molar-refractivity contribution in [2.24, 2.45) is 0 Å². The second-order valence-electron chi connectivity index (χ2n) is 7.66. The van der Waals surface area contributed by atoms with Crippen molar-refractivity contribution in [1.82, 2.24) is 0 Å². The first-order valence-corrected chi connectivity index (χ1v) is 12.0. The smallest absolute Gasteiger partial charge is 0.343 e. The van der Waals surface area contributed by atoms with Crippen LogP contribution in [-0.4, -0.2) is 17.8 Å². The fraction of sp³-hybridized carbons (Fsp3) is 0.115. The minimum Gasteiger partial charge on any atom is -0.423 e. The lowest BCUT2D eigenvalue weighted by Crippen LogP contribution is -2.32. The van der Waals surface area contributed by atoms with Gasteiger partial charge >= 0.3 is 5.97 Å². The van der Waals surface area contributed by atoms with Crippen LogP contribution in [-0.2, 0) is 16.0 Å². The Balaban J connectivity index is 1.49. The van der Waals surface area contributed by atoms with Gasteiger partial charge in [0.1, 0.15) is 16.5 Å². The fourth-order valence-corrected chi connectivity index (χ4v) is 4.39. The van der Waals surface area contributed by atoms with Crippen LogP contribution in [0, 0.1) is 10.5 Å². The molecule has 0 unspecified atom stereocenters. The molecule has 0 saturated carbocycles. The molecular formula is C26H20ClIN2O4. The number of imide groups is 1. The number of aryl methyl sites for hydroxylation is 2. The summed E-state index contributed by atoms with van der Waals surface area (Å²) in [6.07, 6.45) is 0.839. The van der Waals surface area contributed by atoms with Gasteiger partial charge in [0, 0.05) is 9.26 Å².